The van der Waals surface area contributed by atoms with E-state index in [4.69, 9.17) is 11.6 Å². The Hall–Kier alpha value is -2.31. The molecule has 0 radical (unpaired) electrons. The van der Waals surface area contributed by atoms with Crippen molar-refractivity contribution in [1.29, 1.82) is 0 Å². The largest absolute Gasteiger partial charge is 0.477 e. The molecule has 0 N–H and O–H groups in total. The molecule has 0 bridgehead atoms. The van der Waals surface area contributed by atoms with Crippen molar-refractivity contribution < 1.29 is 14.2 Å². The maximum Gasteiger partial charge on any atom is 0.477 e. The van der Waals surface area contributed by atoms with Gasteiger partial charge >= 0.3 is 11.8 Å². The number of fused-ring (bicyclic) bond motifs is 1. The van der Waals surface area contributed by atoms with Gasteiger partial charge in [0.15, 0.2) is 0 Å². The summed E-state index contributed by atoms with van der Waals surface area (Å²) in [6, 6.07) is 7.90. The van der Waals surface area contributed by atoms with E-state index in [9.17, 15) is 9.59 Å². The Morgan fingerprint density at radius 3 is 2.61 bits per heavy atom. The third-order valence-corrected chi connectivity index (χ3v) is 6.13. The van der Waals surface area contributed by atoms with Gasteiger partial charge in [-0.15, -0.1) is 0 Å². The molecule has 7 heteroatoms. The molecular weight excluding hydrogens is 376 g/mol. The van der Waals surface area contributed by atoms with Crippen LogP contribution in [0.4, 0.5) is 0 Å². The molecule has 0 aromatic heterocycles. The van der Waals surface area contributed by atoms with Gasteiger partial charge in [-0.2, -0.15) is 4.58 Å². The lowest BCUT2D eigenvalue weighted by atomic mass is 9.98. The fourth-order valence-corrected chi connectivity index (χ4v) is 4.35. The number of nitrogens with zero attached hydrogens (tertiary/aromatic N) is 4. The fraction of sp³-hybridized carbons (Fsp3) is 0.429. The van der Waals surface area contributed by atoms with Crippen LogP contribution in [-0.4, -0.2) is 70.0 Å². The van der Waals surface area contributed by atoms with E-state index in [0.29, 0.717) is 0 Å². The first-order chi connectivity index (χ1) is 13.5. The van der Waals surface area contributed by atoms with Crippen LogP contribution in [-0.2, 0) is 16.1 Å². The standard InChI is InChI=1S/C21H24ClN4O2/c1-14-7-8-18-19(23-14)26(21(28)20(27)24(18)2)16-9-11-25(12-10-16)13-15-5-3-4-6-17(15)22/h3-8,16,19H,9-13H2,1-2H3/q+1. The molecule has 1 aromatic rings. The molecule has 6 nitrogen and oxygen atoms in total. The van der Waals surface area contributed by atoms with Gasteiger partial charge in [-0.25, -0.2) is 4.79 Å². The number of piperidine rings is 1. The summed E-state index contributed by atoms with van der Waals surface area (Å²) in [6.45, 7) is 4.41. The number of allylic oxidation sites excluding steroid dienone is 1. The first-order valence-electron chi connectivity index (χ1n) is 9.61. The zero-order valence-corrected chi connectivity index (χ0v) is 16.9. The van der Waals surface area contributed by atoms with Crippen molar-refractivity contribution in [3.8, 4) is 0 Å². The quantitative estimate of drug-likeness (QED) is 0.578. The van der Waals surface area contributed by atoms with Gasteiger partial charge in [-0.3, -0.25) is 19.6 Å². The Bertz CT molecular complexity index is 913. The van der Waals surface area contributed by atoms with Gasteiger partial charge in [0, 0.05) is 42.5 Å². The van der Waals surface area contributed by atoms with Crippen molar-refractivity contribution in [2.45, 2.75) is 38.5 Å². The highest BCUT2D eigenvalue weighted by Gasteiger charge is 2.48. The summed E-state index contributed by atoms with van der Waals surface area (Å²) < 4.78 is 1.43. The highest BCUT2D eigenvalue weighted by molar-refractivity contribution is 6.35. The first-order valence-corrected chi connectivity index (χ1v) is 9.99. The second kappa shape index (κ2) is 7.60. The number of hydrogen-bond donors (Lipinski definition) is 0. The Morgan fingerprint density at radius 2 is 1.89 bits per heavy atom. The van der Waals surface area contributed by atoms with Crippen molar-refractivity contribution in [2.24, 2.45) is 4.99 Å². The molecule has 4 rings (SSSR count). The topological polar surface area (TPSA) is 56.0 Å². The second-order valence-electron chi connectivity index (χ2n) is 7.58. The van der Waals surface area contributed by atoms with Crippen LogP contribution in [0.2, 0.25) is 5.02 Å². The molecule has 3 aliphatic rings. The van der Waals surface area contributed by atoms with Gasteiger partial charge in [0.25, 0.3) is 0 Å². The van der Waals surface area contributed by atoms with Gasteiger partial charge in [0.05, 0.1) is 0 Å². The van der Waals surface area contributed by atoms with E-state index in [2.05, 4.69) is 9.89 Å². The van der Waals surface area contributed by atoms with Crippen LogP contribution in [0.3, 0.4) is 0 Å². The number of dihydropyridines is 1. The summed E-state index contributed by atoms with van der Waals surface area (Å²) in [7, 11) is 1.65. The van der Waals surface area contributed by atoms with Gasteiger partial charge < -0.3 is 0 Å². The Balaban J connectivity index is 1.49. The number of amides is 2. The Kier molecular flexibility index (Phi) is 5.17. The second-order valence-corrected chi connectivity index (χ2v) is 7.98. The van der Waals surface area contributed by atoms with Crippen molar-refractivity contribution >= 4 is 34.8 Å². The number of aliphatic imine (C=N–C) groups is 1. The molecule has 3 aliphatic heterocycles. The molecule has 0 aliphatic carbocycles. The summed E-state index contributed by atoms with van der Waals surface area (Å²) in [4.78, 5) is 34.0. The average Bonchev–Trinajstić information content (AvgIpc) is 2.69. The number of carbonyl (C=O) groups excluding carboxylic acids is 2. The van der Waals surface area contributed by atoms with E-state index >= 15 is 0 Å². The predicted octanol–water partition coefficient (Wildman–Crippen LogP) is 2.11. The smallest absolute Gasteiger partial charge is 0.299 e. The minimum Gasteiger partial charge on any atom is -0.299 e. The van der Waals surface area contributed by atoms with E-state index < -0.39 is 18.0 Å². The highest BCUT2D eigenvalue weighted by Crippen LogP contribution is 2.26. The molecule has 1 fully saturated rings. The van der Waals surface area contributed by atoms with Crippen LogP contribution in [0, 0.1) is 0 Å². The number of rotatable bonds is 3. The molecule has 0 saturated carbocycles. The molecule has 2 amide bonds. The van der Waals surface area contributed by atoms with E-state index in [1.165, 1.54) is 4.58 Å². The van der Waals surface area contributed by atoms with Crippen LogP contribution in [0.15, 0.2) is 41.4 Å². The van der Waals surface area contributed by atoms with Crippen LogP contribution in [0.1, 0.15) is 25.3 Å². The third-order valence-electron chi connectivity index (χ3n) is 5.76. The van der Waals surface area contributed by atoms with Crippen LogP contribution in [0.5, 0.6) is 0 Å². The van der Waals surface area contributed by atoms with Crippen molar-refractivity contribution in [2.75, 3.05) is 20.1 Å². The van der Waals surface area contributed by atoms with Gasteiger partial charge in [0.1, 0.15) is 7.05 Å². The zero-order chi connectivity index (χ0) is 19.8. The van der Waals surface area contributed by atoms with Gasteiger partial charge in [-0.1, -0.05) is 29.8 Å². The lowest BCUT2D eigenvalue weighted by Gasteiger charge is -2.41. The maximum absolute atomic E-state index is 12.8. The van der Waals surface area contributed by atoms with Crippen LogP contribution in [0.25, 0.3) is 0 Å². The number of benzene rings is 1. The number of halogens is 1. The molecule has 146 valence electrons. The first kappa shape index (κ1) is 19.0. The van der Waals surface area contributed by atoms with E-state index in [1.807, 2.05) is 43.3 Å². The molecule has 3 heterocycles. The van der Waals surface area contributed by atoms with E-state index in [1.54, 1.807) is 11.9 Å². The van der Waals surface area contributed by atoms with E-state index in [0.717, 1.165) is 54.5 Å². The van der Waals surface area contributed by atoms with Crippen molar-refractivity contribution in [3.05, 3.63) is 47.0 Å². The number of likely N-dealkylation sites (tertiary alicyclic amines) is 1. The minimum atomic E-state index is -0.482. The molecule has 1 aromatic carbocycles. The average molecular weight is 400 g/mol. The lowest BCUT2D eigenvalue weighted by Crippen LogP contribution is -2.61. The summed E-state index contributed by atoms with van der Waals surface area (Å²) in [5.41, 5.74) is 2.75. The predicted molar refractivity (Wildman–Crippen MR) is 109 cm³/mol. The molecular formula is C21H24ClN4O2+. The monoisotopic (exact) mass is 399 g/mol. The molecule has 0 spiro atoms. The van der Waals surface area contributed by atoms with Gasteiger partial charge in [0.2, 0.25) is 11.9 Å². The molecule has 1 atom stereocenters. The van der Waals surface area contributed by atoms with Crippen LogP contribution < -0.4 is 0 Å². The number of hydrogen-bond acceptors (Lipinski definition) is 4. The summed E-state index contributed by atoms with van der Waals surface area (Å²) in [6.07, 6.45) is 5.01. The highest BCUT2D eigenvalue weighted by atomic mass is 35.5. The Labute approximate surface area is 169 Å². The van der Waals surface area contributed by atoms with Crippen molar-refractivity contribution in [3.63, 3.8) is 0 Å². The molecule has 1 unspecified atom stereocenters. The normalized spacial score (nSPS) is 23.9. The summed E-state index contributed by atoms with van der Waals surface area (Å²) >= 11 is 6.29. The minimum absolute atomic E-state index is 0.00990. The summed E-state index contributed by atoms with van der Waals surface area (Å²) in [5, 5.41) is 0.780. The summed E-state index contributed by atoms with van der Waals surface area (Å²) in [5.74, 6) is -0.934. The van der Waals surface area contributed by atoms with Gasteiger partial charge in [-0.05, 0) is 37.5 Å². The number of likely N-dealkylation sites (N-methyl/N-ethyl adjacent to an activating group) is 1. The third kappa shape index (κ3) is 3.42. The van der Waals surface area contributed by atoms with Crippen LogP contribution >= 0.6 is 11.6 Å². The molecule has 28 heavy (non-hydrogen) atoms. The Morgan fingerprint density at radius 1 is 1.18 bits per heavy atom. The fourth-order valence-electron chi connectivity index (χ4n) is 4.15. The number of carbonyl (C=O) groups is 2. The zero-order valence-electron chi connectivity index (χ0n) is 16.1. The SMILES string of the molecule is CC1=NC2C(=[N+](C)C(=O)C(=O)N2C2CCN(Cc3ccccc3Cl)CC2)C=C1. The molecule has 1 saturated heterocycles. The van der Waals surface area contributed by atoms with E-state index in [-0.39, 0.29) is 6.04 Å². The van der Waals surface area contributed by atoms with Crippen molar-refractivity contribution in [1.82, 2.24) is 9.80 Å². The maximum atomic E-state index is 12.8. The lowest BCUT2D eigenvalue weighted by molar-refractivity contribution is -0.419.